The summed E-state index contributed by atoms with van der Waals surface area (Å²) < 4.78 is 23.8. The Morgan fingerprint density at radius 2 is 1.76 bits per heavy atom. The lowest BCUT2D eigenvalue weighted by molar-refractivity contribution is -0.302. The third-order valence-corrected chi connectivity index (χ3v) is 11.1. The van der Waals surface area contributed by atoms with Crippen LogP contribution < -0.4 is 0 Å². The van der Waals surface area contributed by atoms with Gasteiger partial charge in [0.05, 0.1) is 18.3 Å². The zero-order valence-electron chi connectivity index (χ0n) is 31.9. The molecule has 9 atom stereocenters. The summed E-state index contributed by atoms with van der Waals surface area (Å²) in [6.07, 6.45) is 7.26. The summed E-state index contributed by atoms with van der Waals surface area (Å²) in [5.74, 6) is -6.50. The Morgan fingerprint density at radius 1 is 1.08 bits per heavy atom. The molecule has 0 radical (unpaired) electrons. The fraction of sp³-hybridized carbons (Fsp3) is 0.750. The van der Waals surface area contributed by atoms with E-state index in [0.29, 0.717) is 38.5 Å². The molecule has 51 heavy (non-hydrogen) atoms. The number of carbonyl (C=O) groups is 4. The van der Waals surface area contributed by atoms with Crippen molar-refractivity contribution in [1.82, 2.24) is 4.90 Å². The van der Waals surface area contributed by atoms with Crippen LogP contribution in [-0.2, 0) is 38.1 Å². The number of fused-ring (bicyclic) bond motifs is 3. The molecule has 0 aliphatic carbocycles. The minimum atomic E-state index is -2.46. The number of methoxy groups -OCH3 is 2. The lowest BCUT2D eigenvalue weighted by Crippen LogP contribution is -2.64. The van der Waals surface area contributed by atoms with Gasteiger partial charge in [-0.15, -0.1) is 6.58 Å². The van der Waals surface area contributed by atoms with E-state index >= 15 is 0 Å². The summed E-state index contributed by atoms with van der Waals surface area (Å²) >= 11 is 0. The molecular formula is C40H63NO10. The van der Waals surface area contributed by atoms with Gasteiger partial charge in [0.1, 0.15) is 24.0 Å². The van der Waals surface area contributed by atoms with Crippen molar-refractivity contribution in [1.29, 1.82) is 0 Å². The highest BCUT2D eigenvalue weighted by Crippen LogP contribution is 2.38. The van der Waals surface area contributed by atoms with E-state index in [1.165, 1.54) is 19.1 Å². The van der Waals surface area contributed by atoms with Gasteiger partial charge in [0.15, 0.2) is 0 Å². The highest BCUT2D eigenvalue weighted by Gasteiger charge is 2.56. The van der Waals surface area contributed by atoms with E-state index in [1.807, 2.05) is 26.0 Å². The molecule has 3 aliphatic rings. The monoisotopic (exact) mass is 717 g/mol. The number of amides is 1. The number of aliphatic hydroxyl groups excluding tert-OH is 1. The second kappa shape index (κ2) is 19.9. The predicted molar refractivity (Wildman–Crippen MR) is 193 cm³/mol. The Morgan fingerprint density at radius 3 is 2.39 bits per heavy atom. The first-order valence-electron chi connectivity index (χ1n) is 18.9. The number of nitrogens with zero attached hydrogens (tertiary/aromatic N) is 1. The number of carbonyl (C=O) groups excluding carboxylic acids is 4. The van der Waals surface area contributed by atoms with E-state index < -0.39 is 71.8 Å². The highest BCUT2D eigenvalue weighted by atomic mass is 16.7. The number of aliphatic hydroxyl groups is 2. The fourth-order valence-electron chi connectivity index (χ4n) is 7.73. The van der Waals surface area contributed by atoms with E-state index in [9.17, 15) is 29.4 Å². The van der Waals surface area contributed by atoms with Crippen molar-refractivity contribution in [3.05, 3.63) is 36.0 Å². The quantitative estimate of drug-likeness (QED) is 0.190. The van der Waals surface area contributed by atoms with Crippen LogP contribution in [0.3, 0.4) is 0 Å². The maximum Gasteiger partial charge on any atom is 0.329 e. The molecule has 3 aliphatic heterocycles. The molecule has 1 amide bonds. The Labute approximate surface area is 304 Å². The molecule has 4 unspecified atom stereocenters. The van der Waals surface area contributed by atoms with Gasteiger partial charge in [0.25, 0.3) is 11.7 Å². The van der Waals surface area contributed by atoms with Crippen LogP contribution in [0.5, 0.6) is 0 Å². The molecule has 0 aromatic rings. The minimum Gasteiger partial charge on any atom is -0.456 e. The number of rotatable bonds is 8. The van der Waals surface area contributed by atoms with Crippen molar-refractivity contribution in [2.75, 3.05) is 20.8 Å². The molecule has 2 saturated heterocycles. The number of hydrogen-bond acceptors (Lipinski definition) is 10. The van der Waals surface area contributed by atoms with E-state index in [2.05, 4.69) is 20.4 Å². The first-order valence-corrected chi connectivity index (χ1v) is 18.9. The van der Waals surface area contributed by atoms with Crippen molar-refractivity contribution in [2.45, 2.75) is 154 Å². The molecule has 11 heteroatoms. The van der Waals surface area contributed by atoms with Crippen molar-refractivity contribution in [3.8, 4) is 0 Å². The number of hydrogen-bond donors (Lipinski definition) is 2. The normalized spacial score (nSPS) is 35.4. The Kier molecular flexibility index (Phi) is 16.7. The third-order valence-electron chi connectivity index (χ3n) is 11.1. The van der Waals surface area contributed by atoms with Crippen LogP contribution in [-0.4, -0.2) is 102 Å². The summed E-state index contributed by atoms with van der Waals surface area (Å²) in [5.41, 5.74) is 1.73. The SMILES string of the molecule is C=CCC1/C=C(\C)CCC[C@H](OC)C2O[C@@](O)(C(=O)C(=O)N3CCCC[C@H]3C(=O)O[C@H](/C(C)=C/C(CC)CC)C[C@@H](O)CC1=O)C(C)CC2OC. The van der Waals surface area contributed by atoms with Gasteiger partial charge in [-0.05, 0) is 89.5 Å². The summed E-state index contributed by atoms with van der Waals surface area (Å²) in [4.78, 5) is 56.8. The predicted octanol–water partition coefficient (Wildman–Crippen LogP) is 5.41. The van der Waals surface area contributed by atoms with E-state index in [1.54, 1.807) is 13.0 Å². The summed E-state index contributed by atoms with van der Waals surface area (Å²) in [5, 5.41) is 23.1. The molecule has 2 bridgehead atoms. The van der Waals surface area contributed by atoms with Crippen LogP contribution in [0.2, 0.25) is 0 Å². The molecule has 0 spiro atoms. The summed E-state index contributed by atoms with van der Waals surface area (Å²) in [6, 6.07) is -1.08. The van der Waals surface area contributed by atoms with Gasteiger partial charge in [-0.3, -0.25) is 14.4 Å². The first kappa shape index (κ1) is 42.7. The van der Waals surface area contributed by atoms with Gasteiger partial charge in [0.2, 0.25) is 5.79 Å². The molecule has 3 rings (SSSR count). The number of allylic oxidation sites excluding steroid dienone is 4. The second-order valence-electron chi connectivity index (χ2n) is 14.8. The molecule has 288 valence electrons. The van der Waals surface area contributed by atoms with Gasteiger partial charge in [-0.1, -0.05) is 44.6 Å². The molecule has 0 aromatic carbocycles. The second-order valence-corrected chi connectivity index (χ2v) is 14.8. The van der Waals surface area contributed by atoms with Crippen LogP contribution in [0.1, 0.15) is 112 Å². The Bertz CT molecular complexity index is 1270. The maximum atomic E-state index is 14.0. The first-order chi connectivity index (χ1) is 24.2. The van der Waals surface area contributed by atoms with Gasteiger partial charge in [-0.2, -0.15) is 0 Å². The minimum absolute atomic E-state index is 0.00533. The smallest absolute Gasteiger partial charge is 0.329 e. The van der Waals surface area contributed by atoms with Crippen molar-refractivity contribution < 1.29 is 48.3 Å². The lowest BCUT2D eigenvalue weighted by atomic mass is 9.83. The van der Waals surface area contributed by atoms with Gasteiger partial charge in [-0.25, -0.2) is 4.79 Å². The van der Waals surface area contributed by atoms with Crippen molar-refractivity contribution in [3.63, 3.8) is 0 Å². The zero-order valence-corrected chi connectivity index (χ0v) is 31.9. The van der Waals surface area contributed by atoms with Crippen LogP contribution in [0, 0.1) is 17.8 Å². The van der Waals surface area contributed by atoms with Crippen LogP contribution in [0.4, 0.5) is 0 Å². The standard InChI is InChI=1S/C40H63NO10/c1-9-15-29-20-25(4)16-14-18-33(48-7)36-35(49-8)22-27(6)40(47,51-36)37(44)38(45)41-19-13-12-17-31(41)39(46)50-34(24-30(42)23-32(29)43)26(5)21-28(10-2)11-3/h9,20-21,27-31,33-36,42,47H,1,10-19,22-24H2,2-8H3/b25-20+,26-21+/t27?,29?,30-,31-,33-,34-,35?,36?,40+/m0/s1. The fourth-order valence-corrected chi connectivity index (χ4v) is 7.73. The molecule has 2 fully saturated rings. The van der Waals surface area contributed by atoms with E-state index in [-0.39, 0.29) is 43.9 Å². The van der Waals surface area contributed by atoms with Gasteiger partial charge < -0.3 is 34.1 Å². The number of Topliss-reactive ketones (excluding diaryl/α,β-unsaturated/α-hetero) is 2. The number of esters is 1. The zero-order chi connectivity index (χ0) is 37.9. The van der Waals surface area contributed by atoms with Crippen LogP contribution in [0.25, 0.3) is 0 Å². The highest BCUT2D eigenvalue weighted by molar-refractivity contribution is 6.39. The average Bonchev–Trinajstić information content (AvgIpc) is 3.11. The number of ketones is 2. The van der Waals surface area contributed by atoms with Crippen LogP contribution >= 0.6 is 0 Å². The van der Waals surface area contributed by atoms with Gasteiger partial charge in [0, 0.05) is 45.4 Å². The number of cyclic esters (lactones) is 1. The molecule has 0 saturated carbocycles. The lowest BCUT2D eigenvalue weighted by Gasteiger charge is -2.46. The molecule has 11 nitrogen and oxygen atoms in total. The third kappa shape index (κ3) is 10.9. The molecule has 2 N–H and O–H groups in total. The number of ether oxygens (including phenoxy) is 4. The number of piperidine rings is 1. The summed E-state index contributed by atoms with van der Waals surface area (Å²) in [7, 11) is 3.06. The van der Waals surface area contributed by atoms with Crippen LogP contribution in [0.15, 0.2) is 36.0 Å². The Hall–Kier alpha value is -2.70. The van der Waals surface area contributed by atoms with E-state index in [4.69, 9.17) is 18.9 Å². The maximum absolute atomic E-state index is 14.0. The largest absolute Gasteiger partial charge is 0.456 e. The Balaban J connectivity index is 2.08. The van der Waals surface area contributed by atoms with Gasteiger partial charge >= 0.3 is 5.97 Å². The topological polar surface area (TPSA) is 149 Å². The van der Waals surface area contributed by atoms with Crippen molar-refractivity contribution >= 4 is 23.4 Å². The molecule has 0 aromatic heterocycles. The molecular weight excluding hydrogens is 654 g/mol. The molecule has 3 heterocycles. The summed E-state index contributed by atoms with van der Waals surface area (Å²) in [6.45, 7) is 13.5. The van der Waals surface area contributed by atoms with E-state index in [0.717, 1.165) is 24.0 Å². The van der Waals surface area contributed by atoms with Crippen molar-refractivity contribution in [2.24, 2.45) is 17.8 Å². The average molecular weight is 718 g/mol.